The Morgan fingerprint density at radius 1 is 1.02 bits per heavy atom. The van der Waals surface area contributed by atoms with E-state index in [0.29, 0.717) is 66.5 Å². The predicted octanol–water partition coefficient (Wildman–Crippen LogP) is 2.52. The molecule has 2 amide bonds. The van der Waals surface area contributed by atoms with Crippen molar-refractivity contribution in [2.45, 2.75) is 31.8 Å². The third kappa shape index (κ3) is 7.69. The molecule has 1 unspecified atom stereocenters. The molecule has 5 rings (SSSR count). The molecular weight excluding hydrogens is 643 g/mol. The Morgan fingerprint density at radius 3 is 2.30 bits per heavy atom. The van der Waals surface area contributed by atoms with Gasteiger partial charge in [-0.2, -0.15) is 22.6 Å². The minimum absolute atomic E-state index is 0.0111. The number of nitrogens with zero attached hydrogens (tertiary/aromatic N) is 5. The number of alkyl halides is 3. The molecule has 0 saturated carbocycles. The van der Waals surface area contributed by atoms with Crippen LogP contribution >= 0.6 is 0 Å². The molecule has 0 radical (unpaired) electrons. The number of urea groups is 1. The van der Waals surface area contributed by atoms with Crippen LogP contribution in [0.4, 0.5) is 29.3 Å². The zero-order chi connectivity index (χ0) is 34.1. The first-order chi connectivity index (χ1) is 22.2. The van der Waals surface area contributed by atoms with Crippen molar-refractivity contribution in [1.29, 1.82) is 0 Å². The minimum Gasteiger partial charge on any atom is -0.478 e. The van der Waals surface area contributed by atoms with Gasteiger partial charge in [-0.25, -0.2) is 18.0 Å². The average molecular weight is 680 g/mol. The van der Waals surface area contributed by atoms with Crippen LogP contribution in [0.5, 0.6) is 0 Å². The summed E-state index contributed by atoms with van der Waals surface area (Å²) in [5, 5.41) is 30.7. The quantitative estimate of drug-likeness (QED) is 0.267. The molecule has 4 N–H and O–H groups in total. The van der Waals surface area contributed by atoms with Crippen molar-refractivity contribution in [3.63, 3.8) is 0 Å². The van der Waals surface area contributed by atoms with E-state index >= 15 is 0 Å². The number of aromatic carboxylic acids is 1. The van der Waals surface area contributed by atoms with E-state index in [1.165, 1.54) is 29.6 Å². The van der Waals surface area contributed by atoms with Crippen LogP contribution in [0.3, 0.4) is 0 Å². The minimum atomic E-state index is -4.51. The number of β-amino-alcohol motifs (C(OH)–C–C–N with tert-alkyl or cyclic N) is 1. The molecule has 1 aromatic heterocycles. The van der Waals surface area contributed by atoms with Gasteiger partial charge in [-0.05, 0) is 24.3 Å². The van der Waals surface area contributed by atoms with Crippen LogP contribution in [0.1, 0.15) is 27.2 Å². The highest BCUT2D eigenvalue weighted by atomic mass is 32.2. The van der Waals surface area contributed by atoms with Crippen molar-refractivity contribution in [1.82, 2.24) is 24.3 Å². The van der Waals surface area contributed by atoms with Crippen molar-refractivity contribution in [3.05, 3.63) is 64.8 Å². The molecule has 3 aromatic rings. The highest BCUT2D eigenvalue weighted by Gasteiger charge is 2.33. The average Bonchev–Trinajstić information content (AvgIpc) is 3.37. The van der Waals surface area contributed by atoms with Crippen molar-refractivity contribution >= 4 is 33.4 Å². The number of aromatic nitrogens is 2. The SMILES string of the molecule is CNC(=O)Nc1cccc(C(=O)O)c1N1CCN(CC(O)Cn2nc(-c3ccc(C(F)(F)F)cc3)c3c2CCN(S(C)(=O)=O)C3)CC1. The van der Waals surface area contributed by atoms with Crippen LogP contribution in [-0.2, 0) is 35.7 Å². The highest BCUT2D eigenvalue weighted by molar-refractivity contribution is 7.88. The molecule has 0 bridgehead atoms. The van der Waals surface area contributed by atoms with Gasteiger partial charge in [0.2, 0.25) is 10.0 Å². The van der Waals surface area contributed by atoms with Gasteiger partial charge in [-0.1, -0.05) is 18.2 Å². The summed E-state index contributed by atoms with van der Waals surface area (Å²) in [6, 6.07) is 8.71. The Kier molecular flexibility index (Phi) is 9.81. The summed E-state index contributed by atoms with van der Waals surface area (Å²) < 4.78 is 67.1. The first kappa shape index (κ1) is 34.2. The first-order valence-electron chi connectivity index (χ1n) is 14.9. The van der Waals surface area contributed by atoms with Crippen molar-refractivity contribution in [2.24, 2.45) is 0 Å². The Bertz CT molecular complexity index is 1740. The van der Waals surface area contributed by atoms with E-state index in [-0.39, 0.29) is 31.7 Å². The number of nitrogens with one attached hydrogen (secondary N) is 2. The highest BCUT2D eigenvalue weighted by Crippen LogP contribution is 2.35. The second kappa shape index (κ2) is 13.5. The van der Waals surface area contributed by atoms with Crippen LogP contribution in [0, 0.1) is 0 Å². The van der Waals surface area contributed by atoms with Crippen molar-refractivity contribution < 1.29 is 41.4 Å². The summed E-state index contributed by atoms with van der Waals surface area (Å²) in [5.74, 6) is -1.13. The van der Waals surface area contributed by atoms with E-state index in [9.17, 15) is 41.4 Å². The zero-order valence-electron chi connectivity index (χ0n) is 25.8. The number of piperazine rings is 1. The standard InChI is InChI=1S/C30H36F3N7O6S/c1-34-29(44)35-24-5-3-4-22(28(42)43)27(24)38-14-12-37(13-15-38)16-21(41)17-40-25-10-11-39(47(2,45)46)18-23(25)26(36-40)19-6-8-20(9-7-19)30(31,32)33/h3-9,21,41H,10-18H2,1-2H3,(H,42,43)(H2,34,35,44). The van der Waals surface area contributed by atoms with Gasteiger partial charge in [0, 0.05) is 76.1 Å². The molecular formula is C30H36F3N7O6S. The molecule has 17 heteroatoms. The maximum absolute atomic E-state index is 13.2. The number of halogens is 3. The molecule has 0 aliphatic carbocycles. The molecule has 1 saturated heterocycles. The fourth-order valence-electron chi connectivity index (χ4n) is 6.00. The Balaban J connectivity index is 1.31. The topological polar surface area (TPSA) is 160 Å². The van der Waals surface area contributed by atoms with Crippen LogP contribution < -0.4 is 15.5 Å². The van der Waals surface area contributed by atoms with Crippen LogP contribution in [0.25, 0.3) is 11.3 Å². The maximum Gasteiger partial charge on any atom is 0.416 e. The Labute approximate surface area is 269 Å². The van der Waals surface area contributed by atoms with E-state index in [1.807, 2.05) is 9.80 Å². The second-order valence-electron chi connectivity index (χ2n) is 11.5. The number of hydrogen-bond acceptors (Lipinski definition) is 8. The summed E-state index contributed by atoms with van der Waals surface area (Å²) in [6.07, 6.45) is -3.99. The van der Waals surface area contributed by atoms with Gasteiger partial charge in [-0.3, -0.25) is 9.58 Å². The van der Waals surface area contributed by atoms with E-state index in [2.05, 4.69) is 15.7 Å². The summed E-state index contributed by atoms with van der Waals surface area (Å²) in [7, 11) is -2.08. The number of fused-ring (bicyclic) bond motifs is 1. The van der Waals surface area contributed by atoms with Crippen molar-refractivity contribution in [3.8, 4) is 11.3 Å². The molecule has 1 atom stereocenters. The molecule has 2 aliphatic rings. The van der Waals surface area contributed by atoms with Gasteiger partial charge in [0.15, 0.2) is 0 Å². The first-order valence-corrected chi connectivity index (χ1v) is 16.7. The number of carbonyl (C=O) groups excluding carboxylic acids is 1. The number of carboxylic acid groups (broad SMARTS) is 1. The number of para-hydroxylation sites is 1. The van der Waals surface area contributed by atoms with Crippen LogP contribution in [-0.4, -0.2) is 108 Å². The van der Waals surface area contributed by atoms with Gasteiger partial charge >= 0.3 is 18.2 Å². The molecule has 13 nitrogen and oxygen atoms in total. The largest absolute Gasteiger partial charge is 0.478 e. The summed E-state index contributed by atoms with van der Waals surface area (Å²) in [6.45, 7) is 2.38. The fourth-order valence-corrected chi connectivity index (χ4v) is 6.79. The third-order valence-corrected chi connectivity index (χ3v) is 9.59. The second-order valence-corrected chi connectivity index (χ2v) is 13.5. The lowest BCUT2D eigenvalue weighted by Gasteiger charge is -2.38. The zero-order valence-corrected chi connectivity index (χ0v) is 26.6. The number of aliphatic hydroxyl groups excluding tert-OH is 1. The number of amides is 2. The lowest BCUT2D eigenvalue weighted by atomic mass is 10.0. The lowest BCUT2D eigenvalue weighted by Crippen LogP contribution is -2.49. The van der Waals surface area contributed by atoms with Gasteiger partial charge < -0.3 is 25.7 Å². The number of carboxylic acids is 1. The molecule has 47 heavy (non-hydrogen) atoms. The number of anilines is 2. The lowest BCUT2D eigenvalue weighted by molar-refractivity contribution is -0.137. The smallest absolute Gasteiger partial charge is 0.416 e. The monoisotopic (exact) mass is 679 g/mol. The predicted molar refractivity (Wildman–Crippen MR) is 168 cm³/mol. The van der Waals surface area contributed by atoms with Crippen LogP contribution in [0.15, 0.2) is 42.5 Å². The summed E-state index contributed by atoms with van der Waals surface area (Å²) >= 11 is 0. The van der Waals surface area contributed by atoms with Gasteiger partial charge in [0.25, 0.3) is 0 Å². The summed E-state index contributed by atoms with van der Waals surface area (Å²) in [5.41, 5.74) is 2.06. The Morgan fingerprint density at radius 2 is 1.70 bits per heavy atom. The number of carbonyl (C=O) groups is 2. The number of benzene rings is 2. The molecule has 254 valence electrons. The normalized spacial score (nSPS) is 16.9. The van der Waals surface area contributed by atoms with E-state index in [0.717, 1.165) is 18.4 Å². The number of rotatable bonds is 9. The molecule has 2 aliphatic heterocycles. The number of aliphatic hydroxyl groups is 1. The number of sulfonamides is 1. The molecule has 3 heterocycles. The Hall–Kier alpha value is -4.19. The molecule has 2 aromatic carbocycles. The maximum atomic E-state index is 13.2. The number of hydrogen-bond donors (Lipinski definition) is 4. The molecule has 1 fully saturated rings. The molecule has 0 spiro atoms. The van der Waals surface area contributed by atoms with Gasteiger partial charge in [-0.15, -0.1) is 0 Å². The van der Waals surface area contributed by atoms with Gasteiger partial charge in [0.1, 0.15) is 0 Å². The summed E-state index contributed by atoms with van der Waals surface area (Å²) in [4.78, 5) is 27.9. The van der Waals surface area contributed by atoms with E-state index < -0.39 is 39.9 Å². The van der Waals surface area contributed by atoms with E-state index in [4.69, 9.17) is 0 Å². The van der Waals surface area contributed by atoms with Gasteiger partial charge in [0.05, 0.1) is 47.1 Å². The van der Waals surface area contributed by atoms with Crippen molar-refractivity contribution in [2.75, 3.05) is 62.8 Å². The third-order valence-electron chi connectivity index (χ3n) is 8.34. The van der Waals surface area contributed by atoms with E-state index in [1.54, 1.807) is 16.8 Å². The van der Waals surface area contributed by atoms with Crippen LogP contribution in [0.2, 0.25) is 0 Å². The fraction of sp³-hybridized carbons (Fsp3) is 0.433.